The predicted molar refractivity (Wildman–Crippen MR) is 461 cm³/mol. The molecule has 0 unspecified atom stereocenters. The average Bonchev–Trinajstić information content (AvgIpc) is 1.58. The van der Waals surface area contributed by atoms with Crippen molar-refractivity contribution in [1.29, 1.82) is 0 Å². The van der Waals surface area contributed by atoms with Crippen LogP contribution in [-0.2, 0) is 0 Å². The zero-order valence-corrected chi connectivity index (χ0v) is 64.0. The molecule has 0 saturated carbocycles. The van der Waals surface area contributed by atoms with Crippen molar-refractivity contribution in [3.05, 3.63) is 349 Å². The lowest BCUT2D eigenvalue weighted by molar-refractivity contribution is 0.657. The molecule has 0 fully saturated rings. The molecule has 0 aliphatic carbocycles. The molecule has 0 aliphatic rings. The van der Waals surface area contributed by atoms with Crippen LogP contribution in [0.2, 0.25) is 0 Å². The summed E-state index contributed by atoms with van der Waals surface area (Å²) in [6, 6.07) is 111. The molecule has 20 aromatic rings. The quantitative estimate of drug-likeness (QED) is 0.152. The molecule has 108 heavy (non-hydrogen) atoms. The number of hydrogen-bond donors (Lipinski definition) is 0. The molecule has 6 heteroatoms. The highest BCUT2D eigenvalue weighted by molar-refractivity contribution is 6.12. The van der Waals surface area contributed by atoms with E-state index < -0.39 is 0 Å². The number of nitrogens with zero attached hydrogens (tertiary/aromatic N) is 2. The third-order valence-electron chi connectivity index (χ3n) is 21.0. The third kappa shape index (κ3) is 14.2. The van der Waals surface area contributed by atoms with Gasteiger partial charge in [0.15, 0.2) is 0 Å². The van der Waals surface area contributed by atoms with E-state index in [2.05, 4.69) is 347 Å². The molecule has 0 spiro atoms. The summed E-state index contributed by atoms with van der Waals surface area (Å²) in [5, 5.41) is 15.0. The molecule has 0 amide bonds. The van der Waals surface area contributed by atoms with Gasteiger partial charge in [0.05, 0.1) is 22.1 Å². The molecule has 0 saturated heterocycles. The second-order valence-electron chi connectivity index (χ2n) is 30.2. The van der Waals surface area contributed by atoms with E-state index in [1.165, 1.54) is 131 Å². The van der Waals surface area contributed by atoms with Gasteiger partial charge < -0.3 is 26.8 Å². The summed E-state index contributed by atoms with van der Waals surface area (Å²) in [6.45, 7) is 26.6. The van der Waals surface area contributed by atoms with Gasteiger partial charge in [-0.15, -0.1) is 0 Å². The third-order valence-corrected chi connectivity index (χ3v) is 21.0. The lowest BCUT2D eigenvalue weighted by Crippen LogP contribution is -2.00. The lowest BCUT2D eigenvalue weighted by Gasteiger charge is -2.15. The van der Waals surface area contributed by atoms with Crippen molar-refractivity contribution in [2.75, 3.05) is 0 Å². The van der Waals surface area contributed by atoms with Crippen molar-refractivity contribution in [1.82, 2.24) is 9.13 Å². The minimum Gasteiger partial charge on any atom is -0.456 e. The summed E-state index contributed by atoms with van der Waals surface area (Å²) in [4.78, 5) is 0. The molecule has 6 nitrogen and oxygen atoms in total. The second-order valence-corrected chi connectivity index (χ2v) is 30.2. The molecule has 0 aliphatic heterocycles. The minimum atomic E-state index is 0.490. The summed E-state index contributed by atoms with van der Waals surface area (Å²) in [6.07, 6.45) is 0. The van der Waals surface area contributed by atoms with Crippen LogP contribution in [0.25, 0.3) is 143 Å². The summed E-state index contributed by atoms with van der Waals surface area (Å²) < 4.78 is 28.2. The Hall–Kier alpha value is -12.1. The van der Waals surface area contributed by atoms with Crippen LogP contribution in [0.15, 0.2) is 333 Å². The van der Waals surface area contributed by atoms with Crippen LogP contribution < -0.4 is 0 Å². The fourth-order valence-corrected chi connectivity index (χ4v) is 15.3. The maximum Gasteiger partial charge on any atom is 0.138 e. The Kier molecular flexibility index (Phi) is 20.6. The van der Waals surface area contributed by atoms with Crippen molar-refractivity contribution in [2.45, 2.75) is 119 Å². The zero-order chi connectivity index (χ0) is 74.7. The van der Waals surface area contributed by atoms with Gasteiger partial charge in [-0.3, -0.25) is 0 Å². The van der Waals surface area contributed by atoms with Gasteiger partial charge in [0.2, 0.25) is 0 Å². The first-order valence-corrected chi connectivity index (χ1v) is 38.4. The molecule has 0 radical (unpaired) electrons. The number of para-hydroxylation sites is 10. The molecule has 536 valence electrons. The van der Waals surface area contributed by atoms with Crippen molar-refractivity contribution < 1.29 is 17.7 Å². The van der Waals surface area contributed by atoms with Gasteiger partial charge >= 0.3 is 0 Å². The van der Waals surface area contributed by atoms with Crippen LogP contribution in [0.1, 0.15) is 152 Å². The molecular formula is C102H94N2O4. The monoisotopic (exact) mass is 1410 g/mol. The minimum absolute atomic E-state index is 0.490. The Bertz CT molecular complexity index is 6420. The molecule has 6 heterocycles. The number of rotatable bonds is 8. The van der Waals surface area contributed by atoms with Crippen molar-refractivity contribution in [3.63, 3.8) is 0 Å². The van der Waals surface area contributed by atoms with Crippen LogP contribution in [0, 0.1) is 0 Å². The Morgan fingerprint density at radius 3 is 1.11 bits per heavy atom. The Morgan fingerprint density at radius 1 is 0.204 bits per heavy atom. The molecule has 20 rings (SSSR count). The van der Waals surface area contributed by atoms with E-state index in [-0.39, 0.29) is 0 Å². The number of aromatic nitrogens is 2. The highest BCUT2D eigenvalue weighted by Gasteiger charge is 2.19. The molecular weight excluding hydrogens is 1320 g/mol. The number of furan rings is 4. The summed E-state index contributed by atoms with van der Waals surface area (Å²) >= 11 is 0. The first kappa shape index (κ1) is 71.5. The average molecular weight is 1410 g/mol. The van der Waals surface area contributed by atoms with E-state index >= 15 is 0 Å². The smallest absolute Gasteiger partial charge is 0.138 e. The van der Waals surface area contributed by atoms with E-state index in [4.69, 9.17) is 17.7 Å². The summed E-state index contributed by atoms with van der Waals surface area (Å²) in [5.41, 5.74) is 23.6. The van der Waals surface area contributed by atoms with Gasteiger partial charge in [0.1, 0.15) is 44.7 Å². The van der Waals surface area contributed by atoms with Gasteiger partial charge in [-0.25, -0.2) is 0 Å². The molecule has 14 aromatic carbocycles. The number of benzene rings is 14. The van der Waals surface area contributed by atoms with Crippen molar-refractivity contribution in [2.24, 2.45) is 0 Å². The second kappa shape index (κ2) is 31.1. The van der Waals surface area contributed by atoms with E-state index in [0.29, 0.717) is 35.5 Å². The highest BCUT2D eigenvalue weighted by atomic mass is 16.3. The normalized spacial score (nSPS) is 11.6. The fraction of sp³-hybridized carbons (Fsp3) is 0.176. The van der Waals surface area contributed by atoms with Crippen LogP contribution in [0.5, 0.6) is 0 Å². The Morgan fingerprint density at radius 2 is 0.556 bits per heavy atom. The van der Waals surface area contributed by atoms with Crippen LogP contribution >= 0.6 is 0 Å². The van der Waals surface area contributed by atoms with E-state index in [1.54, 1.807) is 0 Å². The molecule has 0 N–H and O–H groups in total. The van der Waals surface area contributed by atoms with Gasteiger partial charge in [0, 0.05) is 76.0 Å². The van der Waals surface area contributed by atoms with E-state index in [1.807, 2.05) is 60.7 Å². The van der Waals surface area contributed by atoms with Crippen LogP contribution in [0.4, 0.5) is 0 Å². The van der Waals surface area contributed by atoms with Gasteiger partial charge in [-0.05, 0) is 160 Å². The molecule has 0 atom stereocenters. The van der Waals surface area contributed by atoms with Gasteiger partial charge in [-0.2, -0.15) is 0 Å². The van der Waals surface area contributed by atoms with E-state index in [9.17, 15) is 0 Å². The summed E-state index contributed by atoms with van der Waals surface area (Å²) in [5.74, 6) is 3.13. The molecule has 0 bridgehead atoms. The Labute approximate surface area is 633 Å². The topological polar surface area (TPSA) is 62.4 Å². The van der Waals surface area contributed by atoms with E-state index in [0.717, 1.165) is 44.7 Å². The van der Waals surface area contributed by atoms with Crippen LogP contribution in [-0.4, -0.2) is 9.13 Å². The SMILES string of the molecule is CC(C)c1ccc2c(c1)oc1ccccc12.CC(C)c1ccc2oc3ccccc3c2c1.CC(C)c1cccc(-n2c3ccccc3c3ccccc32)c1.CC(C)c1cccc2c1oc1ccccc12.CC(C)c1cccc2oc3ccccc3c12.CC(C)c1ccccc1-n1c2ccccc2c2ccccc21. The fourth-order valence-electron chi connectivity index (χ4n) is 15.3. The largest absolute Gasteiger partial charge is 0.456 e. The van der Waals surface area contributed by atoms with Gasteiger partial charge in [-0.1, -0.05) is 308 Å². The van der Waals surface area contributed by atoms with Gasteiger partial charge in [0.25, 0.3) is 0 Å². The number of fused-ring (bicyclic) bond motifs is 18. The maximum absolute atomic E-state index is 5.94. The molecule has 6 aromatic heterocycles. The van der Waals surface area contributed by atoms with Crippen LogP contribution in [0.3, 0.4) is 0 Å². The standard InChI is InChI=1S/2C21H19N.4C15H14O/c1-15(2)16-9-3-6-12-19(16)22-20-13-7-4-10-17(20)18-11-5-8-14-21(18)22;1-15(2)16-8-7-9-17(14-16)22-20-12-5-3-10-18(20)19-11-4-6-13-21(19)22;1-10(2)11-7-5-8-13-12-6-3-4-9-14(12)16-15(11)13;1-10(2)11-7-5-9-14-15(11)12-6-3-4-8-13(12)16-14;1-10(2)11-7-8-15-13(9-11)12-5-3-4-6-14(12)16-15;1-10(2)11-7-8-13-12-5-3-4-6-14(12)16-15(13)9-11/h2*3-15H,1-2H3;4*3-10H,1-2H3. The zero-order valence-electron chi connectivity index (χ0n) is 64.0. The van der Waals surface area contributed by atoms with Crippen molar-refractivity contribution >= 4 is 131 Å². The Balaban J connectivity index is 0.000000104. The number of hydrogen-bond acceptors (Lipinski definition) is 4. The maximum atomic E-state index is 5.94. The lowest BCUT2D eigenvalue weighted by atomic mass is 9.97. The predicted octanol–water partition coefficient (Wildman–Crippen LogP) is 30.7. The first-order valence-electron chi connectivity index (χ1n) is 38.4. The summed E-state index contributed by atoms with van der Waals surface area (Å²) in [7, 11) is 0. The van der Waals surface area contributed by atoms with Crippen molar-refractivity contribution in [3.8, 4) is 11.4 Å². The first-order chi connectivity index (χ1) is 52.6. The highest BCUT2D eigenvalue weighted by Crippen LogP contribution is 2.40.